The zero-order chi connectivity index (χ0) is 11.7. The quantitative estimate of drug-likeness (QED) is 0.853. The number of rotatable bonds is 2. The molecule has 1 aromatic carbocycles. The minimum Gasteiger partial charge on any atom is -0.398 e. The lowest BCUT2D eigenvalue weighted by molar-refractivity contribution is -0.126. The van der Waals surface area contributed by atoms with Crippen LogP contribution in [0.2, 0.25) is 0 Å². The highest BCUT2D eigenvalue weighted by molar-refractivity contribution is 9.10. The number of halogens is 1. The highest BCUT2D eigenvalue weighted by Crippen LogP contribution is 2.34. The Morgan fingerprint density at radius 3 is 2.88 bits per heavy atom. The van der Waals surface area contributed by atoms with Gasteiger partial charge in [0, 0.05) is 28.6 Å². The third-order valence-electron chi connectivity index (χ3n) is 2.62. The first-order valence-corrected chi connectivity index (χ1v) is 6.72. The Labute approximate surface area is 108 Å². The van der Waals surface area contributed by atoms with Gasteiger partial charge in [0.1, 0.15) is 0 Å². The number of nitrogens with two attached hydrogens (primary N) is 1. The molecule has 1 aromatic rings. The molecule has 5 heteroatoms. The highest BCUT2D eigenvalue weighted by Gasteiger charge is 2.30. The van der Waals surface area contributed by atoms with E-state index in [1.807, 2.05) is 25.2 Å². The van der Waals surface area contributed by atoms with Gasteiger partial charge >= 0.3 is 0 Å². The number of benzene rings is 1. The molecule has 3 nitrogen and oxygen atoms in total. The molecule has 1 fully saturated rings. The molecule has 0 aromatic heterocycles. The molecule has 1 aliphatic rings. The van der Waals surface area contributed by atoms with Crippen molar-refractivity contribution in [3.05, 3.63) is 22.7 Å². The van der Waals surface area contributed by atoms with Crippen molar-refractivity contribution < 1.29 is 4.79 Å². The molecule has 16 heavy (non-hydrogen) atoms. The van der Waals surface area contributed by atoms with Crippen LogP contribution in [0.1, 0.15) is 6.42 Å². The molecule has 1 atom stereocenters. The molecule has 0 aliphatic carbocycles. The second-order valence-electron chi connectivity index (χ2n) is 3.84. The molecule has 1 amide bonds. The monoisotopic (exact) mass is 300 g/mol. The minimum atomic E-state index is 0.0217. The summed E-state index contributed by atoms with van der Waals surface area (Å²) in [6.07, 6.45) is 0.898. The Morgan fingerprint density at radius 2 is 2.31 bits per heavy atom. The first-order valence-electron chi connectivity index (χ1n) is 5.04. The van der Waals surface area contributed by atoms with Crippen molar-refractivity contribution in [2.75, 3.05) is 19.3 Å². The van der Waals surface area contributed by atoms with E-state index in [0.29, 0.717) is 0 Å². The third kappa shape index (κ3) is 2.35. The van der Waals surface area contributed by atoms with Gasteiger partial charge in [-0.2, -0.15) is 0 Å². The summed E-state index contributed by atoms with van der Waals surface area (Å²) < 4.78 is 0.962. The van der Waals surface area contributed by atoms with Gasteiger partial charge in [0.2, 0.25) is 5.91 Å². The molecule has 2 rings (SSSR count). The summed E-state index contributed by atoms with van der Waals surface area (Å²) >= 11 is 4.93. The largest absolute Gasteiger partial charge is 0.398 e. The van der Waals surface area contributed by atoms with E-state index in [1.54, 1.807) is 16.7 Å². The van der Waals surface area contributed by atoms with E-state index in [-0.39, 0.29) is 11.2 Å². The Bertz CT molecular complexity index is 424. The van der Waals surface area contributed by atoms with Crippen molar-refractivity contribution >= 4 is 39.3 Å². The van der Waals surface area contributed by atoms with Crippen LogP contribution < -0.4 is 5.73 Å². The van der Waals surface area contributed by atoms with E-state index >= 15 is 0 Å². The summed E-state index contributed by atoms with van der Waals surface area (Å²) in [7, 11) is 1.84. The van der Waals surface area contributed by atoms with Crippen LogP contribution in [0, 0.1) is 0 Å². The van der Waals surface area contributed by atoms with Gasteiger partial charge in [-0.25, -0.2) is 0 Å². The Balaban J connectivity index is 2.12. The molecular weight excluding hydrogens is 288 g/mol. The van der Waals surface area contributed by atoms with Crippen LogP contribution in [-0.4, -0.2) is 29.6 Å². The first kappa shape index (κ1) is 11.8. The number of thioether (sulfide) groups is 1. The Hall–Kier alpha value is -0.680. The maximum atomic E-state index is 11.7. The lowest BCUT2D eigenvalue weighted by Gasteiger charge is -2.11. The number of anilines is 1. The van der Waals surface area contributed by atoms with Gasteiger partial charge in [0.15, 0.2) is 0 Å². The van der Waals surface area contributed by atoms with E-state index < -0.39 is 0 Å². The summed E-state index contributed by atoms with van der Waals surface area (Å²) in [6.45, 7) is 0.840. The second-order valence-corrected chi connectivity index (χ2v) is 6.00. The number of carbonyl (C=O) groups is 1. The third-order valence-corrected chi connectivity index (χ3v) is 4.46. The summed E-state index contributed by atoms with van der Waals surface area (Å²) in [4.78, 5) is 14.5. The second kappa shape index (κ2) is 4.67. The highest BCUT2D eigenvalue weighted by atomic mass is 79.9. The van der Waals surface area contributed by atoms with Gasteiger partial charge in [-0.05, 0) is 24.6 Å². The van der Waals surface area contributed by atoms with Crippen LogP contribution in [0.3, 0.4) is 0 Å². The first-order chi connectivity index (χ1) is 7.58. The van der Waals surface area contributed by atoms with Gasteiger partial charge in [-0.3, -0.25) is 4.79 Å². The molecule has 1 unspecified atom stereocenters. The van der Waals surface area contributed by atoms with Crippen LogP contribution >= 0.6 is 27.7 Å². The van der Waals surface area contributed by atoms with Crippen molar-refractivity contribution in [3.8, 4) is 0 Å². The molecule has 1 saturated heterocycles. The van der Waals surface area contributed by atoms with Crippen LogP contribution in [0.5, 0.6) is 0 Å². The standard InChI is InChI=1S/C11H13BrN2OS/c1-14-5-4-10(11(14)15)16-9-3-2-7(12)6-8(9)13/h2-3,6,10H,4-5,13H2,1H3. The van der Waals surface area contributed by atoms with E-state index in [9.17, 15) is 4.79 Å². The van der Waals surface area contributed by atoms with Crippen LogP contribution in [0.25, 0.3) is 0 Å². The molecule has 0 radical (unpaired) electrons. The molecule has 0 spiro atoms. The van der Waals surface area contributed by atoms with E-state index in [1.165, 1.54) is 0 Å². The van der Waals surface area contributed by atoms with Gasteiger partial charge in [-0.15, -0.1) is 11.8 Å². The Morgan fingerprint density at radius 1 is 1.56 bits per heavy atom. The van der Waals surface area contributed by atoms with Gasteiger partial charge in [0.05, 0.1) is 5.25 Å². The number of likely N-dealkylation sites (tertiary alicyclic amines) is 1. The maximum absolute atomic E-state index is 11.7. The molecule has 1 heterocycles. The molecular formula is C11H13BrN2OS. The summed E-state index contributed by atoms with van der Waals surface area (Å²) in [5.74, 6) is 0.201. The molecule has 86 valence electrons. The van der Waals surface area contributed by atoms with Crippen LogP contribution in [0.15, 0.2) is 27.6 Å². The number of amides is 1. The topological polar surface area (TPSA) is 46.3 Å². The summed E-state index contributed by atoms with van der Waals surface area (Å²) in [5.41, 5.74) is 6.63. The molecule has 1 aliphatic heterocycles. The van der Waals surface area contributed by atoms with Gasteiger partial charge in [0.25, 0.3) is 0 Å². The zero-order valence-corrected chi connectivity index (χ0v) is 11.3. The van der Waals surface area contributed by atoms with Gasteiger partial charge < -0.3 is 10.6 Å². The average Bonchev–Trinajstić information content (AvgIpc) is 2.54. The zero-order valence-electron chi connectivity index (χ0n) is 8.94. The summed E-state index contributed by atoms with van der Waals surface area (Å²) in [5, 5.41) is 0.0217. The molecule has 0 saturated carbocycles. The normalized spacial score (nSPS) is 20.5. The van der Waals surface area contributed by atoms with Crippen molar-refractivity contribution in [3.63, 3.8) is 0 Å². The fourth-order valence-corrected chi connectivity index (χ4v) is 3.21. The predicted octanol–water partition coefficient (Wildman–Crippen LogP) is 2.35. The van der Waals surface area contributed by atoms with Crippen molar-refractivity contribution in [2.45, 2.75) is 16.6 Å². The maximum Gasteiger partial charge on any atom is 0.235 e. The Kier molecular flexibility index (Phi) is 3.44. The van der Waals surface area contributed by atoms with E-state index in [2.05, 4.69) is 15.9 Å². The number of nitrogen functional groups attached to an aromatic ring is 1. The smallest absolute Gasteiger partial charge is 0.235 e. The fourth-order valence-electron chi connectivity index (χ4n) is 1.68. The predicted molar refractivity (Wildman–Crippen MR) is 70.5 cm³/mol. The minimum absolute atomic E-state index is 0.0217. The van der Waals surface area contributed by atoms with Crippen molar-refractivity contribution in [2.24, 2.45) is 0 Å². The lowest BCUT2D eigenvalue weighted by atomic mass is 10.3. The number of hydrogen-bond donors (Lipinski definition) is 1. The average molecular weight is 301 g/mol. The number of carbonyl (C=O) groups excluding carboxylic acids is 1. The molecule has 2 N–H and O–H groups in total. The van der Waals surface area contributed by atoms with E-state index in [0.717, 1.165) is 28.0 Å². The lowest BCUT2D eigenvalue weighted by Crippen LogP contribution is -2.23. The van der Waals surface area contributed by atoms with Gasteiger partial charge in [-0.1, -0.05) is 15.9 Å². The van der Waals surface area contributed by atoms with E-state index in [4.69, 9.17) is 5.73 Å². The van der Waals surface area contributed by atoms with Crippen LogP contribution in [-0.2, 0) is 4.79 Å². The number of nitrogens with zero attached hydrogens (tertiary/aromatic N) is 1. The summed E-state index contributed by atoms with van der Waals surface area (Å²) in [6, 6.07) is 5.77. The van der Waals surface area contributed by atoms with Crippen LogP contribution in [0.4, 0.5) is 5.69 Å². The van der Waals surface area contributed by atoms with Crippen molar-refractivity contribution in [1.29, 1.82) is 0 Å². The van der Waals surface area contributed by atoms with Crippen molar-refractivity contribution in [1.82, 2.24) is 4.90 Å². The SMILES string of the molecule is CN1CCC(Sc2ccc(Br)cc2N)C1=O. The number of hydrogen-bond acceptors (Lipinski definition) is 3. The fraction of sp³-hybridized carbons (Fsp3) is 0.364. The molecule has 0 bridgehead atoms.